The van der Waals surface area contributed by atoms with Gasteiger partial charge in [-0.2, -0.15) is 8.42 Å². The minimum absolute atomic E-state index is 0. The van der Waals surface area contributed by atoms with Gasteiger partial charge in [0.25, 0.3) is 10.1 Å². The van der Waals surface area contributed by atoms with Crippen LogP contribution in [-0.2, 0) is 10.1 Å². The van der Waals surface area contributed by atoms with Crippen LogP contribution in [0.1, 0.15) is 7.85 Å². The van der Waals surface area contributed by atoms with Crippen LogP contribution in [0.3, 0.4) is 0 Å². The van der Waals surface area contributed by atoms with Gasteiger partial charge in [-0.1, -0.05) is 0 Å². The summed E-state index contributed by atoms with van der Waals surface area (Å²) >= 11 is 0. The van der Waals surface area contributed by atoms with Crippen LogP contribution in [0.4, 0.5) is 0 Å². The molecule has 1 unspecified atom stereocenters. The molecule has 0 aliphatic rings. The van der Waals surface area contributed by atoms with E-state index in [9.17, 15) is 8.42 Å². The van der Waals surface area contributed by atoms with E-state index < -0.39 is 22.0 Å². The van der Waals surface area contributed by atoms with Gasteiger partial charge in [-0.15, -0.1) is 0 Å². The zero-order chi connectivity index (χ0) is 8.20. The number of aliphatic hydroxyl groups is 2. The third kappa shape index (κ3) is 6.61. The predicted molar refractivity (Wildman–Crippen MR) is 35.2 cm³/mol. The molecule has 0 aliphatic carbocycles. The maximum atomic E-state index is 10.2. The summed E-state index contributed by atoms with van der Waals surface area (Å²) in [6, 6.07) is 0. The van der Waals surface area contributed by atoms with Crippen LogP contribution in [0.5, 0.6) is 0 Å². The van der Waals surface area contributed by atoms with Crippen LogP contribution < -0.4 is 51.4 Å². The van der Waals surface area contributed by atoms with E-state index in [4.69, 9.17) is 14.8 Å². The maximum absolute atomic E-state index is 10.2. The molecule has 0 spiro atoms. The minimum Gasteiger partial charge on any atom is -1.00 e. The molecule has 0 aromatic rings. The Morgan fingerprint density at radius 2 is 1.82 bits per heavy atom. The van der Waals surface area contributed by atoms with Crippen molar-refractivity contribution in [1.82, 2.24) is 0 Å². The Kier molecular flexibility index (Phi) is 9.42. The summed E-state index contributed by atoms with van der Waals surface area (Å²) in [5, 5.41) is 15.3. The summed E-state index contributed by atoms with van der Waals surface area (Å²) in [6.07, 6.45) is -0.144. The molecule has 0 amide bonds. The Bertz CT molecular complexity index is 182. The van der Waals surface area contributed by atoms with E-state index >= 15 is 0 Å². The van der Waals surface area contributed by atoms with E-state index in [1.807, 2.05) is 0 Å². The molecule has 0 fully saturated rings. The van der Waals surface area contributed by atoms with E-state index in [0.717, 1.165) is 0 Å². The Hall–Kier alpha value is 1.47. The normalized spacial score (nSPS) is 13.7. The first-order valence-corrected chi connectivity index (χ1v) is 4.20. The van der Waals surface area contributed by atoms with Gasteiger partial charge < -0.3 is 11.6 Å². The topological polar surface area (TPSA) is 94.8 Å². The molecule has 5 nitrogen and oxygen atoms in total. The van der Waals surface area contributed by atoms with Crippen LogP contribution in [0.25, 0.3) is 0 Å². The van der Waals surface area contributed by atoms with Crippen LogP contribution >= 0.6 is 0 Å². The molecule has 0 heterocycles. The Labute approximate surface area is 109 Å². The molecule has 0 aromatic carbocycles. The first-order valence-electron chi connectivity index (χ1n) is 2.70. The second-order valence-electron chi connectivity index (χ2n) is 1.83. The SMILES string of the molecule is O=S(=O)(O)C(CO)CCO.[H-].[K+]. The molecule has 0 saturated heterocycles. The second-order valence-corrected chi connectivity index (χ2v) is 3.53. The first kappa shape index (κ1) is 15.0. The standard InChI is InChI=1S/C4H10O5S.K.H/c5-2-1-4(3-6)10(7,8)9;;/h4-6H,1-3H2,(H,7,8,9);;/q;+1;-1. The van der Waals surface area contributed by atoms with E-state index in [1.165, 1.54) is 0 Å². The summed E-state index contributed by atoms with van der Waals surface area (Å²) in [5.74, 6) is 0. The molecule has 0 rings (SSSR count). The number of hydrogen-bond acceptors (Lipinski definition) is 4. The Morgan fingerprint density at radius 1 is 1.36 bits per heavy atom. The fraction of sp³-hybridized carbons (Fsp3) is 1.00. The van der Waals surface area contributed by atoms with Crippen molar-refractivity contribution in [2.45, 2.75) is 11.7 Å². The Morgan fingerprint density at radius 3 is 1.91 bits per heavy atom. The van der Waals surface area contributed by atoms with Gasteiger partial charge >= 0.3 is 51.4 Å². The van der Waals surface area contributed by atoms with Crippen molar-refractivity contribution in [3.05, 3.63) is 0 Å². The molecule has 11 heavy (non-hydrogen) atoms. The van der Waals surface area contributed by atoms with Crippen molar-refractivity contribution in [1.29, 1.82) is 0 Å². The summed E-state index contributed by atoms with van der Waals surface area (Å²) in [6.45, 7) is -1.04. The molecule has 0 bridgehead atoms. The average Bonchev–Trinajstić information content (AvgIpc) is 1.80. The molecule has 1 atom stereocenters. The fourth-order valence-corrected chi connectivity index (χ4v) is 1.07. The maximum Gasteiger partial charge on any atom is 1.00 e. The summed E-state index contributed by atoms with van der Waals surface area (Å²) < 4.78 is 28.8. The summed E-state index contributed by atoms with van der Waals surface area (Å²) in [7, 11) is -4.19. The van der Waals surface area contributed by atoms with Crippen LogP contribution in [-0.4, -0.2) is 41.6 Å². The molecule has 0 saturated carbocycles. The molecule has 0 radical (unpaired) electrons. The predicted octanol–water partition coefficient (Wildman–Crippen LogP) is -4.27. The van der Waals surface area contributed by atoms with Gasteiger partial charge in [0.15, 0.2) is 0 Å². The number of hydrogen-bond donors (Lipinski definition) is 3. The Balaban J connectivity index is -0.000000405. The van der Waals surface area contributed by atoms with E-state index in [-0.39, 0.29) is 65.8 Å². The van der Waals surface area contributed by atoms with Crippen molar-refractivity contribution in [2.24, 2.45) is 0 Å². The second kappa shape index (κ2) is 6.93. The third-order valence-corrected chi connectivity index (χ3v) is 2.30. The first-order chi connectivity index (χ1) is 4.52. The third-order valence-electron chi connectivity index (χ3n) is 1.08. The van der Waals surface area contributed by atoms with Crippen molar-refractivity contribution < 1.29 is 76.0 Å². The number of rotatable bonds is 4. The zero-order valence-electron chi connectivity index (χ0n) is 7.27. The van der Waals surface area contributed by atoms with E-state index in [0.29, 0.717) is 0 Å². The van der Waals surface area contributed by atoms with Gasteiger partial charge in [-0.3, -0.25) is 4.55 Å². The molecular weight excluding hydrogens is 199 g/mol. The molecule has 3 N–H and O–H groups in total. The monoisotopic (exact) mass is 210 g/mol. The van der Waals surface area contributed by atoms with Gasteiger partial charge in [0.05, 0.1) is 6.61 Å². The van der Waals surface area contributed by atoms with Gasteiger partial charge in [0, 0.05) is 6.61 Å². The van der Waals surface area contributed by atoms with Gasteiger partial charge in [0.1, 0.15) is 5.25 Å². The van der Waals surface area contributed by atoms with Crippen molar-refractivity contribution in [2.75, 3.05) is 13.2 Å². The summed E-state index contributed by atoms with van der Waals surface area (Å²) in [5.41, 5.74) is 0. The largest absolute Gasteiger partial charge is 1.00 e. The van der Waals surface area contributed by atoms with Gasteiger partial charge in [-0.05, 0) is 6.42 Å². The molecular formula is C4H11KO5S. The molecule has 0 aliphatic heterocycles. The van der Waals surface area contributed by atoms with E-state index in [2.05, 4.69) is 0 Å². The van der Waals surface area contributed by atoms with Crippen molar-refractivity contribution in [3.8, 4) is 0 Å². The quantitative estimate of drug-likeness (QED) is 0.322. The average molecular weight is 210 g/mol. The molecule has 7 heteroatoms. The number of aliphatic hydroxyl groups excluding tert-OH is 2. The van der Waals surface area contributed by atoms with Crippen LogP contribution in [0.15, 0.2) is 0 Å². The smallest absolute Gasteiger partial charge is 1.00 e. The van der Waals surface area contributed by atoms with Crippen LogP contribution in [0.2, 0.25) is 0 Å². The van der Waals surface area contributed by atoms with Crippen LogP contribution in [0, 0.1) is 0 Å². The van der Waals surface area contributed by atoms with Crippen molar-refractivity contribution >= 4 is 10.1 Å². The molecule has 64 valence electrons. The van der Waals surface area contributed by atoms with Gasteiger partial charge in [0.2, 0.25) is 0 Å². The van der Waals surface area contributed by atoms with Crippen molar-refractivity contribution in [3.63, 3.8) is 0 Å². The van der Waals surface area contributed by atoms with Gasteiger partial charge in [-0.25, -0.2) is 0 Å². The fourth-order valence-electron chi connectivity index (χ4n) is 0.478. The minimum atomic E-state index is -4.19. The summed E-state index contributed by atoms with van der Waals surface area (Å²) in [4.78, 5) is 0. The van der Waals surface area contributed by atoms with E-state index in [1.54, 1.807) is 0 Å². The molecule has 0 aromatic heterocycles. The zero-order valence-corrected chi connectivity index (χ0v) is 10.2.